The van der Waals surface area contributed by atoms with E-state index in [9.17, 15) is 14.4 Å². The maximum Gasteiger partial charge on any atom is 0.311 e. The molecule has 0 atom stereocenters. The molecule has 0 aromatic heterocycles. The first-order valence-corrected chi connectivity index (χ1v) is 18.3. The number of anilines is 2. The van der Waals surface area contributed by atoms with E-state index in [4.69, 9.17) is 4.74 Å². The lowest BCUT2D eigenvalue weighted by molar-refractivity contribution is -0.134. The summed E-state index contributed by atoms with van der Waals surface area (Å²) < 4.78 is 5.95. The van der Waals surface area contributed by atoms with Crippen LogP contribution in [0, 0.1) is 13.8 Å². The molecule has 0 aliphatic heterocycles. The fraction of sp³-hybridized carbons (Fsp3) is 0.763. The fourth-order valence-corrected chi connectivity index (χ4v) is 5.53. The molecule has 0 spiro atoms. The Morgan fingerprint density at radius 2 is 0.932 bits per heavy atom. The van der Waals surface area contributed by atoms with Crippen molar-refractivity contribution < 1.29 is 19.1 Å². The number of esters is 1. The largest absolute Gasteiger partial charge is 0.422 e. The van der Waals surface area contributed by atoms with Crippen molar-refractivity contribution in [2.24, 2.45) is 0 Å². The minimum atomic E-state index is -0.327. The van der Waals surface area contributed by atoms with Crippen molar-refractivity contribution in [1.29, 1.82) is 0 Å². The van der Waals surface area contributed by atoms with E-state index in [1.165, 1.54) is 77.0 Å². The molecule has 0 saturated carbocycles. The lowest BCUT2D eigenvalue weighted by Crippen LogP contribution is -2.19. The van der Waals surface area contributed by atoms with Crippen LogP contribution in [0.25, 0.3) is 0 Å². The van der Waals surface area contributed by atoms with Gasteiger partial charge in [0.25, 0.3) is 0 Å². The molecule has 1 aromatic carbocycles. The van der Waals surface area contributed by atoms with Gasteiger partial charge >= 0.3 is 5.97 Å². The van der Waals surface area contributed by atoms with Crippen LogP contribution in [0.3, 0.4) is 0 Å². The highest BCUT2D eigenvalue weighted by molar-refractivity contribution is 5.99. The van der Waals surface area contributed by atoms with Crippen molar-refractivity contribution in [3.8, 4) is 5.75 Å². The van der Waals surface area contributed by atoms with E-state index in [-0.39, 0.29) is 23.5 Å². The molecule has 6 heteroatoms. The van der Waals surface area contributed by atoms with Crippen molar-refractivity contribution in [2.45, 2.75) is 189 Å². The maximum absolute atomic E-state index is 13.0. The standard InChI is InChI=1S/C38H66N2O4/c1-6-9-12-15-18-21-24-27-34(41)39-33-30-31(4)32(5)37(40-35(42)28-25-22-19-16-13-10-7-2)38(33)44-36(43)29-26-23-20-17-14-11-8-3/h30H,6-29H2,1-5H3,(H,39,41)(H,40,42). The fourth-order valence-electron chi connectivity index (χ4n) is 5.53. The van der Waals surface area contributed by atoms with Crippen LogP contribution in [-0.2, 0) is 14.4 Å². The highest BCUT2D eigenvalue weighted by Crippen LogP contribution is 2.39. The smallest absolute Gasteiger partial charge is 0.311 e. The summed E-state index contributed by atoms with van der Waals surface area (Å²) in [6, 6.07) is 1.86. The Morgan fingerprint density at radius 1 is 0.545 bits per heavy atom. The van der Waals surface area contributed by atoms with Crippen molar-refractivity contribution in [3.63, 3.8) is 0 Å². The Labute approximate surface area is 270 Å². The van der Waals surface area contributed by atoms with E-state index >= 15 is 0 Å². The molecule has 0 aliphatic carbocycles. The Morgan fingerprint density at radius 3 is 1.39 bits per heavy atom. The van der Waals surface area contributed by atoms with Crippen LogP contribution in [0.5, 0.6) is 5.75 Å². The van der Waals surface area contributed by atoms with Gasteiger partial charge in [-0.3, -0.25) is 14.4 Å². The summed E-state index contributed by atoms with van der Waals surface area (Å²) in [6.45, 7) is 10.5. The van der Waals surface area contributed by atoms with E-state index in [1.807, 2.05) is 19.9 Å². The molecule has 1 aromatic rings. The lowest BCUT2D eigenvalue weighted by atomic mass is 10.0. The molecule has 0 bridgehead atoms. The molecule has 252 valence electrons. The third-order valence-corrected chi connectivity index (χ3v) is 8.55. The van der Waals surface area contributed by atoms with Crippen LogP contribution in [0.15, 0.2) is 6.07 Å². The first-order chi connectivity index (χ1) is 21.3. The third-order valence-electron chi connectivity index (χ3n) is 8.55. The monoisotopic (exact) mass is 615 g/mol. The number of aryl methyl sites for hydroxylation is 1. The molecule has 0 fully saturated rings. The predicted molar refractivity (Wildman–Crippen MR) is 187 cm³/mol. The van der Waals surface area contributed by atoms with Crippen molar-refractivity contribution in [2.75, 3.05) is 10.6 Å². The zero-order valence-corrected chi connectivity index (χ0v) is 29.2. The Bertz CT molecular complexity index is 943. The van der Waals surface area contributed by atoms with Crippen LogP contribution < -0.4 is 15.4 Å². The van der Waals surface area contributed by atoms with E-state index in [0.29, 0.717) is 30.6 Å². The Hall–Kier alpha value is -2.37. The average Bonchev–Trinajstić information content (AvgIpc) is 3.00. The number of hydrogen-bond acceptors (Lipinski definition) is 4. The molecule has 0 saturated heterocycles. The van der Waals surface area contributed by atoms with E-state index in [2.05, 4.69) is 31.4 Å². The van der Waals surface area contributed by atoms with Crippen molar-refractivity contribution in [1.82, 2.24) is 0 Å². The number of amides is 2. The van der Waals surface area contributed by atoms with E-state index in [1.54, 1.807) is 0 Å². The number of benzene rings is 1. The Kier molecular flexibility index (Phi) is 23.3. The summed E-state index contributed by atoms with van der Waals surface area (Å²) in [5.41, 5.74) is 2.73. The number of nitrogens with one attached hydrogen (secondary N) is 2. The summed E-state index contributed by atoms with van der Waals surface area (Å²) in [5, 5.41) is 6.07. The molecule has 0 unspecified atom stereocenters. The normalized spacial score (nSPS) is 11.0. The first kappa shape index (κ1) is 39.7. The molecular weight excluding hydrogens is 548 g/mol. The van der Waals surface area contributed by atoms with Crippen molar-refractivity contribution in [3.05, 3.63) is 17.2 Å². The number of hydrogen-bond donors (Lipinski definition) is 2. The van der Waals surface area contributed by atoms with Gasteiger partial charge in [0.2, 0.25) is 11.8 Å². The van der Waals surface area contributed by atoms with E-state index < -0.39 is 0 Å². The third kappa shape index (κ3) is 18.4. The topological polar surface area (TPSA) is 84.5 Å². The minimum absolute atomic E-state index is 0.0861. The van der Waals surface area contributed by atoms with Gasteiger partial charge in [-0.25, -0.2) is 0 Å². The van der Waals surface area contributed by atoms with Crippen LogP contribution >= 0.6 is 0 Å². The summed E-state index contributed by atoms with van der Waals surface area (Å²) in [4.78, 5) is 39.0. The van der Waals surface area contributed by atoms with Crippen molar-refractivity contribution >= 4 is 29.2 Å². The molecule has 2 N–H and O–H groups in total. The van der Waals surface area contributed by atoms with Crippen LogP contribution in [0.2, 0.25) is 0 Å². The van der Waals surface area contributed by atoms with Gasteiger partial charge in [0.15, 0.2) is 5.75 Å². The maximum atomic E-state index is 13.0. The summed E-state index contributed by atoms with van der Waals surface area (Å²) in [6.07, 6.45) is 24.9. The van der Waals surface area contributed by atoms with E-state index in [0.717, 1.165) is 68.9 Å². The summed E-state index contributed by atoms with van der Waals surface area (Å²) in [7, 11) is 0. The summed E-state index contributed by atoms with van der Waals surface area (Å²) >= 11 is 0. The lowest BCUT2D eigenvalue weighted by Gasteiger charge is -2.20. The zero-order valence-electron chi connectivity index (χ0n) is 29.2. The second-order valence-electron chi connectivity index (χ2n) is 12.8. The average molecular weight is 615 g/mol. The van der Waals surface area contributed by atoms with Gasteiger partial charge in [-0.1, -0.05) is 136 Å². The summed E-state index contributed by atoms with van der Waals surface area (Å²) in [5.74, 6) is -0.239. The van der Waals surface area contributed by atoms with Gasteiger partial charge in [0, 0.05) is 19.3 Å². The van der Waals surface area contributed by atoms with Gasteiger partial charge in [-0.05, 0) is 50.3 Å². The van der Waals surface area contributed by atoms with Gasteiger partial charge in [-0.2, -0.15) is 0 Å². The molecule has 2 amide bonds. The Balaban J connectivity index is 2.90. The first-order valence-electron chi connectivity index (χ1n) is 18.3. The molecule has 0 radical (unpaired) electrons. The number of rotatable bonds is 27. The molecule has 1 rings (SSSR count). The van der Waals surface area contributed by atoms with Crippen LogP contribution in [0.4, 0.5) is 11.4 Å². The molecule has 0 aliphatic rings. The number of ether oxygens (including phenoxy) is 1. The van der Waals surface area contributed by atoms with Gasteiger partial charge in [-0.15, -0.1) is 0 Å². The van der Waals surface area contributed by atoms with Gasteiger partial charge in [0.1, 0.15) is 0 Å². The molecular formula is C38H66N2O4. The van der Waals surface area contributed by atoms with Crippen LogP contribution in [-0.4, -0.2) is 17.8 Å². The molecule has 0 heterocycles. The molecule has 44 heavy (non-hydrogen) atoms. The quantitative estimate of drug-likeness (QED) is 0.0586. The van der Waals surface area contributed by atoms with Gasteiger partial charge in [0.05, 0.1) is 11.4 Å². The molecule has 6 nitrogen and oxygen atoms in total. The highest BCUT2D eigenvalue weighted by atomic mass is 16.5. The van der Waals surface area contributed by atoms with Crippen LogP contribution in [0.1, 0.15) is 186 Å². The number of unbranched alkanes of at least 4 members (excludes halogenated alkanes) is 18. The van der Waals surface area contributed by atoms with Gasteiger partial charge < -0.3 is 15.4 Å². The number of carbonyl (C=O) groups excluding carboxylic acids is 3. The number of carbonyl (C=O) groups is 3. The SMILES string of the molecule is CCCCCCCCCC(=O)Nc1cc(C)c(C)c(NC(=O)CCCCCCCCC)c1OC(=O)CCCCCCCCC. The predicted octanol–water partition coefficient (Wildman–Crippen LogP) is 11.5. The zero-order chi connectivity index (χ0) is 32.4. The minimum Gasteiger partial charge on any atom is -0.422 e. The second kappa shape index (κ2) is 25.9. The second-order valence-corrected chi connectivity index (χ2v) is 12.8. The highest BCUT2D eigenvalue weighted by Gasteiger charge is 2.21.